The molecular formula is C14H30N2O. The number of hydrogen-bond donors (Lipinski definition) is 2. The molecule has 1 rings (SSSR count). The monoisotopic (exact) mass is 242 g/mol. The molecule has 1 fully saturated rings. The van der Waals surface area contributed by atoms with Crippen molar-refractivity contribution in [1.29, 1.82) is 0 Å². The van der Waals surface area contributed by atoms with Gasteiger partial charge in [-0.05, 0) is 64.7 Å². The van der Waals surface area contributed by atoms with Crippen molar-refractivity contribution in [3.05, 3.63) is 0 Å². The van der Waals surface area contributed by atoms with Crippen molar-refractivity contribution in [3.63, 3.8) is 0 Å². The highest BCUT2D eigenvalue weighted by Crippen LogP contribution is 2.19. The maximum absolute atomic E-state index is 9.59. The van der Waals surface area contributed by atoms with Gasteiger partial charge in [0.05, 0.1) is 6.10 Å². The fraction of sp³-hybridized carbons (Fsp3) is 1.00. The predicted molar refractivity (Wildman–Crippen MR) is 73.1 cm³/mol. The zero-order chi connectivity index (χ0) is 12.8. The van der Waals surface area contributed by atoms with Crippen LogP contribution in [-0.4, -0.2) is 48.3 Å². The summed E-state index contributed by atoms with van der Waals surface area (Å²) >= 11 is 0. The largest absolute Gasteiger partial charge is 0.392 e. The lowest BCUT2D eigenvalue weighted by Crippen LogP contribution is -2.46. The molecule has 0 radical (unpaired) electrons. The van der Waals surface area contributed by atoms with E-state index in [4.69, 9.17) is 0 Å². The fourth-order valence-electron chi connectivity index (χ4n) is 2.45. The molecule has 0 aliphatic carbocycles. The molecule has 0 aromatic carbocycles. The van der Waals surface area contributed by atoms with Crippen LogP contribution >= 0.6 is 0 Å². The van der Waals surface area contributed by atoms with Crippen LogP contribution in [0.15, 0.2) is 0 Å². The first kappa shape index (κ1) is 14.9. The Morgan fingerprint density at radius 1 is 1.18 bits per heavy atom. The molecule has 1 aliphatic heterocycles. The van der Waals surface area contributed by atoms with Gasteiger partial charge in [0.1, 0.15) is 0 Å². The van der Waals surface area contributed by atoms with Crippen molar-refractivity contribution in [2.45, 2.75) is 52.7 Å². The molecule has 0 saturated carbocycles. The molecule has 0 aromatic heterocycles. The van der Waals surface area contributed by atoms with E-state index in [2.05, 4.69) is 31.0 Å². The van der Waals surface area contributed by atoms with Gasteiger partial charge in [-0.1, -0.05) is 13.8 Å². The summed E-state index contributed by atoms with van der Waals surface area (Å²) < 4.78 is 0. The molecule has 1 aliphatic rings. The Hall–Kier alpha value is -0.120. The van der Waals surface area contributed by atoms with Gasteiger partial charge in [0.15, 0.2) is 0 Å². The molecule has 0 amide bonds. The standard InChI is InChI=1S/C14H30N2O/c1-11(2)9-15-10-14-5-7-16(8-6-14)12(3)13(4)17/h11-15,17H,5-10H2,1-4H3. The van der Waals surface area contributed by atoms with Gasteiger partial charge < -0.3 is 10.4 Å². The van der Waals surface area contributed by atoms with Crippen LogP contribution in [-0.2, 0) is 0 Å². The topological polar surface area (TPSA) is 35.5 Å². The van der Waals surface area contributed by atoms with E-state index in [1.54, 1.807) is 0 Å². The zero-order valence-corrected chi connectivity index (χ0v) is 11.9. The van der Waals surface area contributed by atoms with Crippen LogP contribution < -0.4 is 5.32 Å². The summed E-state index contributed by atoms with van der Waals surface area (Å²) in [5.41, 5.74) is 0. The second-order valence-electron chi connectivity index (χ2n) is 6.01. The van der Waals surface area contributed by atoms with Gasteiger partial charge in [0.2, 0.25) is 0 Å². The minimum absolute atomic E-state index is 0.217. The molecular weight excluding hydrogens is 212 g/mol. The van der Waals surface area contributed by atoms with Crippen molar-refractivity contribution in [2.24, 2.45) is 11.8 Å². The van der Waals surface area contributed by atoms with Crippen LogP contribution in [0.1, 0.15) is 40.5 Å². The average molecular weight is 242 g/mol. The summed E-state index contributed by atoms with van der Waals surface area (Å²) in [5.74, 6) is 1.57. The Kier molecular flexibility index (Phi) is 6.45. The second kappa shape index (κ2) is 7.34. The van der Waals surface area contributed by atoms with Gasteiger partial charge in [-0.3, -0.25) is 4.90 Å². The van der Waals surface area contributed by atoms with E-state index in [1.165, 1.54) is 12.8 Å². The highest BCUT2D eigenvalue weighted by atomic mass is 16.3. The molecule has 3 nitrogen and oxygen atoms in total. The summed E-state index contributed by atoms with van der Waals surface area (Å²) in [4.78, 5) is 2.42. The van der Waals surface area contributed by atoms with Gasteiger partial charge >= 0.3 is 0 Å². The Balaban J connectivity index is 2.17. The molecule has 0 spiro atoms. The number of nitrogens with one attached hydrogen (secondary N) is 1. The lowest BCUT2D eigenvalue weighted by molar-refractivity contribution is 0.0481. The molecule has 1 heterocycles. The summed E-state index contributed by atoms with van der Waals surface area (Å²) in [6.45, 7) is 13.1. The van der Waals surface area contributed by atoms with Crippen LogP contribution in [0.3, 0.4) is 0 Å². The number of aliphatic hydroxyl groups excluding tert-OH is 1. The van der Waals surface area contributed by atoms with E-state index in [9.17, 15) is 5.11 Å². The summed E-state index contributed by atoms with van der Waals surface area (Å²) in [7, 11) is 0. The van der Waals surface area contributed by atoms with E-state index >= 15 is 0 Å². The Labute approximate surface area is 107 Å². The molecule has 3 heteroatoms. The molecule has 17 heavy (non-hydrogen) atoms. The van der Waals surface area contributed by atoms with E-state index in [1.807, 2.05) is 6.92 Å². The minimum atomic E-state index is -0.217. The van der Waals surface area contributed by atoms with Crippen LogP contribution in [0, 0.1) is 11.8 Å². The van der Waals surface area contributed by atoms with E-state index in [0.717, 1.165) is 38.0 Å². The van der Waals surface area contributed by atoms with Crippen molar-refractivity contribution in [2.75, 3.05) is 26.2 Å². The lowest BCUT2D eigenvalue weighted by atomic mass is 9.95. The summed E-state index contributed by atoms with van der Waals surface area (Å²) in [6.07, 6.45) is 2.32. The van der Waals surface area contributed by atoms with Crippen molar-refractivity contribution < 1.29 is 5.11 Å². The molecule has 2 unspecified atom stereocenters. The average Bonchev–Trinajstić information content (AvgIpc) is 2.28. The summed E-state index contributed by atoms with van der Waals surface area (Å²) in [6, 6.07) is 0.305. The number of aliphatic hydroxyl groups is 1. The molecule has 102 valence electrons. The van der Waals surface area contributed by atoms with Crippen molar-refractivity contribution in [1.82, 2.24) is 10.2 Å². The fourth-order valence-corrected chi connectivity index (χ4v) is 2.45. The molecule has 2 atom stereocenters. The van der Waals surface area contributed by atoms with Gasteiger partial charge in [-0.15, -0.1) is 0 Å². The smallest absolute Gasteiger partial charge is 0.0664 e. The second-order valence-corrected chi connectivity index (χ2v) is 6.01. The number of nitrogens with zero attached hydrogens (tertiary/aromatic N) is 1. The first-order valence-corrected chi connectivity index (χ1v) is 7.13. The number of likely N-dealkylation sites (tertiary alicyclic amines) is 1. The van der Waals surface area contributed by atoms with Crippen LogP contribution in [0.2, 0.25) is 0 Å². The first-order chi connectivity index (χ1) is 8.00. The van der Waals surface area contributed by atoms with Crippen LogP contribution in [0.4, 0.5) is 0 Å². The van der Waals surface area contributed by atoms with Crippen molar-refractivity contribution >= 4 is 0 Å². The van der Waals surface area contributed by atoms with Gasteiger partial charge in [0, 0.05) is 6.04 Å². The Bertz CT molecular complexity index is 198. The normalized spacial score (nSPS) is 22.9. The number of rotatable bonds is 6. The number of piperidine rings is 1. The molecule has 0 bridgehead atoms. The lowest BCUT2D eigenvalue weighted by Gasteiger charge is -2.37. The van der Waals surface area contributed by atoms with E-state index in [0.29, 0.717) is 6.04 Å². The first-order valence-electron chi connectivity index (χ1n) is 7.13. The van der Waals surface area contributed by atoms with Crippen LogP contribution in [0.5, 0.6) is 0 Å². The Morgan fingerprint density at radius 3 is 2.24 bits per heavy atom. The van der Waals surface area contributed by atoms with Crippen molar-refractivity contribution in [3.8, 4) is 0 Å². The third-order valence-electron chi connectivity index (χ3n) is 3.91. The quantitative estimate of drug-likeness (QED) is 0.744. The number of hydrogen-bond acceptors (Lipinski definition) is 3. The summed E-state index contributed by atoms with van der Waals surface area (Å²) in [5, 5.41) is 13.1. The van der Waals surface area contributed by atoms with E-state index in [-0.39, 0.29) is 6.10 Å². The minimum Gasteiger partial charge on any atom is -0.392 e. The van der Waals surface area contributed by atoms with Crippen LogP contribution in [0.25, 0.3) is 0 Å². The Morgan fingerprint density at radius 2 is 1.76 bits per heavy atom. The van der Waals surface area contributed by atoms with Gasteiger partial charge in [-0.2, -0.15) is 0 Å². The highest BCUT2D eigenvalue weighted by Gasteiger charge is 2.24. The highest BCUT2D eigenvalue weighted by molar-refractivity contribution is 4.79. The SMILES string of the molecule is CC(C)CNCC1CCN(C(C)C(C)O)CC1. The third kappa shape index (κ3) is 5.36. The van der Waals surface area contributed by atoms with Gasteiger partial charge in [0.25, 0.3) is 0 Å². The maximum atomic E-state index is 9.59. The third-order valence-corrected chi connectivity index (χ3v) is 3.91. The van der Waals surface area contributed by atoms with E-state index < -0.39 is 0 Å². The zero-order valence-electron chi connectivity index (χ0n) is 11.9. The molecule has 0 aromatic rings. The maximum Gasteiger partial charge on any atom is 0.0664 e. The van der Waals surface area contributed by atoms with Gasteiger partial charge in [-0.25, -0.2) is 0 Å². The predicted octanol–water partition coefficient (Wildman–Crippen LogP) is 1.71. The molecule has 1 saturated heterocycles. The molecule has 2 N–H and O–H groups in total.